The molecule has 2 unspecified atom stereocenters. The Morgan fingerprint density at radius 2 is 2.31 bits per heavy atom. The first-order valence-electron chi connectivity index (χ1n) is 3.83. The third-order valence-corrected chi connectivity index (χ3v) is 5.72. The van der Waals surface area contributed by atoms with Crippen LogP contribution in [0.1, 0.15) is 0 Å². The fourth-order valence-corrected chi connectivity index (χ4v) is 4.59. The van der Waals surface area contributed by atoms with Crippen LogP contribution < -0.4 is 0 Å². The Hall–Kier alpha value is -0.330. The number of Topliss-reactive ketones (excluding diaryl/α,β-unsaturated/α-hetero) is 1. The van der Waals surface area contributed by atoms with Gasteiger partial charge in [0.15, 0.2) is 5.78 Å². The van der Waals surface area contributed by atoms with Crippen LogP contribution in [0.2, 0.25) is 0 Å². The number of hydrogen-bond acceptors (Lipinski definition) is 4. The van der Waals surface area contributed by atoms with Gasteiger partial charge in [-0.1, -0.05) is 6.08 Å². The summed E-state index contributed by atoms with van der Waals surface area (Å²) in [6.07, 6.45) is 1.60. The maximum atomic E-state index is 11.6. The molecule has 0 spiro atoms. The topological polar surface area (TPSA) is 54.5 Å². The second-order valence-electron chi connectivity index (χ2n) is 3.12. The summed E-state index contributed by atoms with van der Waals surface area (Å²) in [7, 11) is -1.82. The summed E-state index contributed by atoms with van der Waals surface area (Å²) < 4.78 is 24.4. The Bertz CT molecular complexity index is 373. The zero-order chi connectivity index (χ0) is 9.64. The van der Waals surface area contributed by atoms with Crippen LogP contribution in [-0.4, -0.2) is 42.6 Å². The molecule has 1 saturated heterocycles. The molecule has 6 heteroatoms. The second-order valence-corrected chi connectivity index (χ2v) is 6.37. The van der Waals surface area contributed by atoms with Crippen LogP contribution in [-0.2, 0) is 14.8 Å². The van der Waals surface area contributed by atoms with Gasteiger partial charge in [0, 0.05) is 7.05 Å². The number of carbonyl (C=O) groups is 1. The van der Waals surface area contributed by atoms with E-state index < -0.39 is 20.5 Å². The van der Waals surface area contributed by atoms with E-state index in [4.69, 9.17) is 0 Å². The highest BCUT2D eigenvalue weighted by Gasteiger charge is 2.46. The molecule has 13 heavy (non-hydrogen) atoms. The molecule has 0 aromatic rings. The second kappa shape index (κ2) is 2.83. The third kappa shape index (κ3) is 1.24. The highest BCUT2D eigenvalue weighted by Crippen LogP contribution is 2.34. The van der Waals surface area contributed by atoms with E-state index >= 15 is 0 Å². The number of rotatable bonds is 0. The number of hydrogen-bond donors (Lipinski definition) is 0. The number of thioether (sulfide) groups is 1. The number of carbonyl (C=O) groups excluding carboxylic acids is 1. The van der Waals surface area contributed by atoms with Gasteiger partial charge in [-0.3, -0.25) is 4.79 Å². The highest BCUT2D eigenvalue weighted by atomic mass is 32.2. The number of likely N-dealkylation sites (N-methyl/N-ethyl adjacent to an activating group) is 1. The third-order valence-electron chi connectivity index (χ3n) is 2.27. The van der Waals surface area contributed by atoms with Gasteiger partial charge in [-0.2, -0.15) is 4.31 Å². The lowest BCUT2D eigenvalue weighted by atomic mass is 10.2. The van der Waals surface area contributed by atoms with Crippen LogP contribution in [0.3, 0.4) is 0 Å². The van der Waals surface area contributed by atoms with Crippen molar-refractivity contribution in [2.45, 2.75) is 10.5 Å². The number of sulfonamides is 1. The summed E-state index contributed by atoms with van der Waals surface area (Å²) >= 11 is 1.30. The first kappa shape index (κ1) is 9.23. The van der Waals surface area contributed by atoms with Crippen molar-refractivity contribution in [2.24, 2.45) is 0 Å². The van der Waals surface area contributed by atoms with Gasteiger partial charge in [-0.15, -0.1) is 11.8 Å². The normalized spacial score (nSPS) is 37.8. The van der Waals surface area contributed by atoms with E-state index in [0.29, 0.717) is 0 Å². The van der Waals surface area contributed by atoms with Crippen molar-refractivity contribution in [3.63, 3.8) is 0 Å². The molecule has 0 radical (unpaired) electrons. The van der Waals surface area contributed by atoms with Gasteiger partial charge in [-0.25, -0.2) is 8.42 Å². The summed E-state index contributed by atoms with van der Waals surface area (Å²) in [6, 6.07) is 0. The summed E-state index contributed by atoms with van der Waals surface area (Å²) in [5, 5.41) is 0.661. The van der Waals surface area contributed by atoms with Gasteiger partial charge >= 0.3 is 0 Å². The summed E-state index contributed by atoms with van der Waals surface area (Å²) in [4.78, 5) is 11.4. The lowest BCUT2D eigenvalue weighted by molar-refractivity contribution is -0.118. The summed E-state index contributed by atoms with van der Waals surface area (Å²) in [6.45, 7) is 0.0121. The van der Waals surface area contributed by atoms with Crippen LogP contribution >= 0.6 is 11.8 Å². The predicted molar refractivity (Wildman–Crippen MR) is 50.9 cm³/mol. The minimum absolute atomic E-state index is 0.00248. The Labute approximate surface area is 81.0 Å². The molecule has 0 N–H and O–H groups in total. The SMILES string of the molecule is CN1CC(=O)C2SC=CC2S1(=O)=O. The van der Waals surface area contributed by atoms with Crippen molar-refractivity contribution in [3.05, 3.63) is 11.5 Å². The summed E-state index contributed by atoms with van der Waals surface area (Å²) in [5.74, 6) is -0.00248. The first-order valence-corrected chi connectivity index (χ1v) is 6.28. The molecule has 2 atom stereocenters. The van der Waals surface area contributed by atoms with Crippen LogP contribution in [0.15, 0.2) is 11.5 Å². The molecular weight excluding hydrogens is 210 g/mol. The van der Waals surface area contributed by atoms with E-state index in [-0.39, 0.29) is 12.3 Å². The number of fused-ring (bicyclic) bond motifs is 1. The van der Waals surface area contributed by atoms with E-state index in [9.17, 15) is 13.2 Å². The zero-order valence-corrected chi connectivity index (χ0v) is 8.64. The maximum absolute atomic E-state index is 11.6. The van der Waals surface area contributed by atoms with E-state index in [1.165, 1.54) is 18.8 Å². The molecule has 0 aromatic heterocycles. The molecule has 2 aliphatic rings. The maximum Gasteiger partial charge on any atom is 0.222 e. The molecule has 1 fully saturated rings. The van der Waals surface area contributed by atoms with Crippen LogP contribution in [0.5, 0.6) is 0 Å². The van der Waals surface area contributed by atoms with Gasteiger partial charge in [0.2, 0.25) is 10.0 Å². The van der Waals surface area contributed by atoms with Crippen molar-refractivity contribution in [2.75, 3.05) is 13.6 Å². The molecule has 2 rings (SSSR count). The molecular formula is C7H9NO3S2. The lowest BCUT2D eigenvalue weighted by Gasteiger charge is -2.29. The van der Waals surface area contributed by atoms with Crippen molar-refractivity contribution >= 4 is 27.6 Å². The fourth-order valence-electron chi connectivity index (χ4n) is 1.51. The largest absolute Gasteiger partial charge is 0.297 e. The minimum Gasteiger partial charge on any atom is -0.297 e. The van der Waals surface area contributed by atoms with Gasteiger partial charge in [0.25, 0.3) is 0 Å². The lowest BCUT2D eigenvalue weighted by Crippen LogP contribution is -2.51. The monoisotopic (exact) mass is 219 g/mol. The number of ketones is 1. The Kier molecular flexibility index (Phi) is 2.01. The first-order chi connectivity index (χ1) is 6.03. The Morgan fingerprint density at radius 1 is 1.62 bits per heavy atom. The van der Waals surface area contributed by atoms with E-state index in [1.54, 1.807) is 11.5 Å². The molecule has 0 saturated carbocycles. The van der Waals surface area contributed by atoms with Crippen molar-refractivity contribution < 1.29 is 13.2 Å². The van der Waals surface area contributed by atoms with E-state index in [2.05, 4.69) is 0 Å². The average Bonchev–Trinajstić information content (AvgIpc) is 2.49. The average molecular weight is 219 g/mol. The zero-order valence-electron chi connectivity index (χ0n) is 7.00. The molecule has 2 heterocycles. The van der Waals surface area contributed by atoms with E-state index in [1.807, 2.05) is 0 Å². The molecule has 72 valence electrons. The Morgan fingerprint density at radius 3 is 3.00 bits per heavy atom. The van der Waals surface area contributed by atoms with Gasteiger partial charge < -0.3 is 0 Å². The standard InChI is InChI=1S/C7H9NO3S2/c1-8-4-5(9)7-6(2-3-12-7)13(8,10)11/h2-3,6-7H,4H2,1H3. The highest BCUT2D eigenvalue weighted by molar-refractivity contribution is 8.05. The molecule has 4 nitrogen and oxygen atoms in total. The molecule has 0 aliphatic carbocycles. The molecule has 0 amide bonds. The molecule has 0 bridgehead atoms. The predicted octanol–water partition coefficient (Wildman–Crippen LogP) is -0.172. The van der Waals surface area contributed by atoms with Crippen LogP contribution in [0, 0.1) is 0 Å². The molecule has 2 aliphatic heterocycles. The van der Waals surface area contributed by atoms with Crippen LogP contribution in [0.25, 0.3) is 0 Å². The van der Waals surface area contributed by atoms with Gasteiger partial charge in [0.05, 0.1) is 11.8 Å². The van der Waals surface area contributed by atoms with Crippen molar-refractivity contribution in [1.29, 1.82) is 0 Å². The van der Waals surface area contributed by atoms with Gasteiger partial charge in [-0.05, 0) is 5.41 Å². The summed E-state index contributed by atoms with van der Waals surface area (Å²) in [5.41, 5.74) is 0. The fraction of sp³-hybridized carbons (Fsp3) is 0.571. The number of nitrogens with zero attached hydrogens (tertiary/aromatic N) is 1. The molecule has 0 aromatic carbocycles. The van der Waals surface area contributed by atoms with Gasteiger partial charge in [0.1, 0.15) is 5.25 Å². The van der Waals surface area contributed by atoms with Crippen molar-refractivity contribution in [3.8, 4) is 0 Å². The Balaban J connectivity index is 2.43. The van der Waals surface area contributed by atoms with Crippen LogP contribution in [0.4, 0.5) is 0 Å². The quantitative estimate of drug-likeness (QED) is 0.567. The van der Waals surface area contributed by atoms with E-state index in [0.717, 1.165) is 4.31 Å². The smallest absolute Gasteiger partial charge is 0.222 e. The van der Waals surface area contributed by atoms with Crippen molar-refractivity contribution in [1.82, 2.24) is 4.31 Å². The minimum atomic E-state index is -3.27.